The van der Waals surface area contributed by atoms with Gasteiger partial charge in [0.25, 0.3) is 5.91 Å². The van der Waals surface area contributed by atoms with Gasteiger partial charge in [-0.05, 0) is 24.3 Å². The van der Waals surface area contributed by atoms with Crippen LogP contribution in [0.25, 0.3) is 0 Å². The van der Waals surface area contributed by atoms with Crippen molar-refractivity contribution < 1.29 is 9.59 Å². The van der Waals surface area contributed by atoms with Gasteiger partial charge in [0, 0.05) is 13.0 Å². The van der Waals surface area contributed by atoms with Gasteiger partial charge in [0.1, 0.15) is 10.8 Å². The molecule has 3 rings (SSSR count). The molecular formula is C14H17N5O2S2. The molecule has 1 aliphatic rings. The summed E-state index contributed by atoms with van der Waals surface area (Å²) in [4.78, 5) is 23.3. The average Bonchev–Trinajstić information content (AvgIpc) is 3.06. The lowest BCUT2D eigenvalue weighted by Crippen LogP contribution is -2.18. The topological polar surface area (TPSA) is 103 Å². The van der Waals surface area contributed by atoms with Crippen LogP contribution in [-0.4, -0.2) is 32.3 Å². The van der Waals surface area contributed by atoms with E-state index in [1.54, 1.807) is 11.4 Å². The van der Waals surface area contributed by atoms with Crippen molar-refractivity contribution in [2.45, 2.75) is 37.4 Å². The summed E-state index contributed by atoms with van der Waals surface area (Å²) < 4.78 is 2.10. The van der Waals surface area contributed by atoms with E-state index >= 15 is 0 Å². The lowest BCUT2D eigenvalue weighted by Gasteiger charge is -2.07. The normalized spacial score (nSPS) is 14.1. The quantitative estimate of drug-likeness (QED) is 0.801. The lowest BCUT2D eigenvalue weighted by atomic mass is 10.2. The van der Waals surface area contributed by atoms with Crippen LogP contribution in [0.15, 0.2) is 16.6 Å². The predicted octanol–water partition coefficient (Wildman–Crippen LogP) is 1.90. The maximum Gasteiger partial charge on any atom is 0.251 e. The van der Waals surface area contributed by atoms with Gasteiger partial charge in [-0.15, -0.1) is 21.5 Å². The first kappa shape index (κ1) is 16.0. The molecule has 0 atom stereocenters. The molecule has 122 valence electrons. The molecule has 9 heteroatoms. The minimum absolute atomic E-state index is 0.189. The number of nitrogens with one attached hydrogen (secondary N) is 1. The maximum absolute atomic E-state index is 12.1. The molecule has 3 N–H and O–H groups in total. The van der Waals surface area contributed by atoms with Crippen LogP contribution in [0.3, 0.4) is 0 Å². The molecule has 7 nitrogen and oxygen atoms in total. The number of nitrogens with two attached hydrogens (primary N) is 1. The average molecular weight is 351 g/mol. The van der Waals surface area contributed by atoms with E-state index in [4.69, 9.17) is 5.73 Å². The molecule has 0 bridgehead atoms. The number of carbonyl (C=O) groups is 2. The second-order valence-electron chi connectivity index (χ2n) is 5.23. The predicted molar refractivity (Wildman–Crippen MR) is 89.8 cm³/mol. The zero-order valence-electron chi connectivity index (χ0n) is 12.4. The molecule has 0 spiro atoms. The van der Waals surface area contributed by atoms with Crippen molar-refractivity contribution in [2.75, 3.05) is 11.1 Å². The monoisotopic (exact) mass is 351 g/mol. The first-order valence-corrected chi connectivity index (χ1v) is 9.23. The third-order valence-corrected chi connectivity index (χ3v) is 5.39. The highest BCUT2D eigenvalue weighted by Crippen LogP contribution is 2.24. The SMILES string of the molecule is NC(=O)c1ccsc1NC(=O)CSc1nnc2n1CCCCC2. The van der Waals surface area contributed by atoms with E-state index in [-0.39, 0.29) is 11.7 Å². The Kier molecular flexibility index (Phi) is 4.97. The summed E-state index contributed by atoms with van der Waals surface area (Å²) in [5, 5.41) is 14.1. The fraction of sp³-hybridized carbons (Fsp3) is 0.429. The Balaban J connectivity index is 1.60. The number of fused-ring (bicyclic) bond motifs is 1. The number of aryl methyl sites for hydroxylation is 1. The fourth-order valence-electron chi connectivity index (χ4n) is 2.46. The Morgan fingerprint density at radius 2 is 2.22 bits per heavy atom. The van der Waals surface area contributed by atoms with Crippen LogP contribution in [0.2, 0.25) is 0 Å². The number of hydrogen-bond donors (Lipinski definition) is 2. The van der Waals surface area contributed by atoms with E-state index in [0.29, 0.717) is 10.6 Å². The molecule has 0 aliphatic carbocycles. The van der Waals surface area contributed by atoms with Crippen molar-refractivity contribution in [1.29, 1.82) is 0 Å². The molecule has 3 heterocycles. The number of thiophene rings is 1. The molecule has 0 fully saturated rings. The molecule has 1 aliphatic heterocycles. The second-order valence-corrected chi connectivity index (χ2v) is 7.08. The van der Waals surface area contributed by atoms with Crippen LogP contribution >= 0.6 is 23.1 Å². The molecule has 0 saturated carbocycles. The van der Waals surface area contributed by atoms with Gasteiger partial charge >= 0.3 is 0 Å². The van der Waals surface area contributed by atoms with Crippen LogP contribution in [-0.2, 0) is 17.8 Å². The first-order valence-electron chi connectivity index (χ1n) is 7.37. The van der Waals surface area contributed by atoms with Gasteiger partial charge in [-0.25, -0.2) is 0 Å². The van der Waals surface area contributed by atoms with Gasteiger partial charge in [-0.1, -0.05) is 18.2 Å². The van der Waals surface area contributed by atoms with E-state index in [0.717, 1.165) is 36.8 Å². The van der Waals surface area contributed by atoms with Gasteiger partial charge in [0.05, 0.1) is 11.3 Å². The number of hydrogen-bond acceptors (Lipinski definition) is 6. The number of rotatable bonds is 5. The third kappa shape index (κ3) is 3.73. The number of aromatic nitrogens is 3. The molecule has 0 radical (unpaired) electrons. The number of anilines is 1. The lowest BCUT2D eigenvalue weighted by molar-refractivity contribution is -0.113. The van der Waals surface area contributed by atoms with Gasteiger partial charge in [-0.2, -0.15) is 0 Å². The summed E-state index contributed by atoms with van der Waals surface area (Å²) in [6.45, 7) is 0.906. The van der Waals surface area contributed by atoms with Crippen molar-refractivity contribution in [1.82, 2.24) is 14.8 Å². The van der Waals surface area contributed by atoms with E-state index in [2.05, 4.69) is 20.1 Å². The molecular weight excluding hydrogens is 334 g/mol. The molecule has 0 unspecified atom stereocenters. The van der Waals surface area contributed by atoms with Crippen LogP contribution < -0.4 is 11.1 Å². The number of nitrogens with zero attached hydrogens (tertiary/aromatic N) is 3. The van der Waals surface area contributed by atoms with Crippen molar-refractivity contribution in [3.63, 3.8) is 0 Å². The van der Waals surface area contributed by atoms with Gasteiger partial charge in [-0.3, -0.25) is 9.59 Å². The summed E-state index contributed by atoms with van der Waals surface area (Å²) >= 11 is 2.64. The third-order valence-electron chi connectivity index (χ3n) is 3.59. The second kappa shape index (κ2) is 7.14. The van der Waals surface area contributed by atoms with E-state index in [1.165, 1.54) is 29.5 Å². The zero-order valence-corrected chi connectivity index (χ0v) is 14.1. The number of thioether (sulfide) groups is 1. The van der Waals surface area contributed by atoms with Crippen molar-refractivity contribution >= 4 is 39.9 Å². The minimum atomic E-state index is -0.544. The van der Waals surface area contributed by atoms with E-state index in [1.807, 2.05) is 0 Å². The molecule has 2 aromatic rings. The standard InChI is InChI=1S/C14H17N5O2S2/c15-12(21)9-5-7-22-13(9)16-11(20)8-23-14-18-17-10-4-2-1-3-6-19(10)14/h5,7H,1-4,6,8H2,(H2,15,21)(H,16,20). The minimum Gasteiger partial charge on any atom is -0.366 e. The Bertz CT molecular complexity index is 725. The van der Waals surface area contributed by atoms with E-state index < -0.39 is 5.91 Å². The summed E-state index contributed by atoms with van der Waals surface area (Å²) in [5.41, 5.74) is 5.60. The smallest absolute Gasteiger partial charge is 0.251 e. The van der Waals surface area contributed by atoms with Crippen molar-refractivity contribution in [2.24, 2.45) is 5.73 Å². The Labute approximate surface area is 141 Å². The zero-order chi connectivity index (χ0) is 16.2. The maximum atomic E-state index is 12.1. The van der Waals surface area contributed by atoms with E-state index in [9.17, 15) is 9.59 Å². The van der Waals surface area contributed by atoms with Crippen LogP contribution in [0, 0.1) is 0 Å². The summed E-state index contributed by atoms with van der Waals surface area (Å²) in [6, 6.07) is 1.61. The Hall–Kier alpha value is -1.87. The fourth-order valence-corrected chi connectivity index (χ4v) is 4.05. The number of carbonyl (C=O) groups excluding carboxylic acids is 2. The number of primary amides is 1. The molecule has 2 amide bonds. The molecule has 0 aromatic carbocycles. The van der Waals surface area contributed by atoms with Crippen molar-refractivity contribution in [3.05, 3.63) is 22.8 Å². The molecule has 2 aromatic heterocycles. The number of amides is 2. The molecule has 23 heavy (non-hydrogen) atoms. The van der Waals surface area contributed by atoms with Gasteiger partial charge in [0.15, 0.2) is 5.16 Å². The highest BCUT2D eigenvalue weighted by Gasteiger charge is 2.17. The Morgan fingerprint density at radius 3 is 3.04 bits per heavy atom. The van der Waals surface area contributed by atoms with Crippen LogP contribution in [0.4, 0.5) is 5.00 Å². The largest absolute Gasteiger partial charge is 0.366 e. The van der Waals surface area contributed by atoms with Gasteiger partial charge < -0.3 is 15.6 Å². The highest BCUT2D eigenvalue weighted by atomic mass is 32.2. The Morgan fingerprint density at radius 1 is 1.35 bits per heavy atom. The van der Waals surface area contributed by atoms with Crippen molar-refractivity contribution in [3.8, 4) is 0 Å². The molecule has 0 saturated heterocycles. The summed E-state index contributed by atoms with van der Waals surface area (Å²) in [7, 11) is 0. The first-order chi connectivity index (χ1) is 11.1. The summed E-state index contributed by atoms with van der Waals surface area (Å²) in [5.74, 6) is 0.483. The highest BCUT2D eigenvalue weighted by molar-refractivity contribution is 7.99. The summed E-state index contributed by atoms with van der Waals surface area (Å²) in [6.07, 6.45) is 4.39. The van der Waals surface area contributed by atoms with Crippen LogP contribution in [0.5, 0.6) is 0 Å². The van der Waals surface area contributed by atoms with Crippen LogP contribution in [0.1, 0.15) is 35.4 Å². The van der Waals surface area contributed by atoms with Gasteiger partial charge in [0.2, 0.25) is 5.91 Å².